The third-order valence-electron chi connectivity index (χ3n) is 6.47. The van der Waals surface area contributed by atoms with E-state index in [0.717, 1.165) is 17.0 Å². The second-order valence-electron chi connectivity index (χ2n) is 7.46. The van der Waals surface area contributed by atoms with Gasteiger partial charge in [0.05, 0.1) is 0 Å². The summed E-state index contributed by atoms with van der Waals surface area (Å²) in [7, 11) is -1.45. The SMILES string of the molecule is CCC(C)C(C)C(C)C(C)C(C)C(C)c1ccccc1[Si](Cl)Cl. The van der Waals surface area contributed by atoms with E-state index in [0.29, 0.717) is 23.7 Å². The van der Waals surface area contributed by atoms with Crippen molar-refractivity contribution in [2.75, 3.05) is 0 Å². The number of halogens is 2. The van der Waals surface area contributed by atoms with Gasteiger partial charge in [-0.25, -0.2) is 0 Å². The average Bonchev–Trinajstić information content (AvgIpc) is 2.57. The minimum Gasteiger partial charge on any atom is -0.140 e. The molecule has 0 heterocycles. The van der Waals surface area contributed by atoms with Gasteiger partial charge in [0.1, 0.15) is 0 Å². The number of hydrogen-bond acceptors (Lipinski definition) is 0. The fourth-order valence-electron chi connectivity index (χ4n) is 3.65. The van der Waals surface area contributed by atoms with Crippen molar-refractivity contribution in [2.45, 2.75) is 60.8 Å². The van der Waals surface area contributed by atoms with Crippen LogP contribution in [0.1, 0.15) is 66.4 Å². The maximum atomic E-state index is 6.28. The maximum absolute atomic E-state index is 6.28. The molecule has 0 bridgehead atoms. The van der Waals surface area contributed by atoms with Crippen LogP contribution in [0.4, 0.5) is 0 Å². The van der Waals surface area contributed by atoms with Crippen LogP contribution in [0.25, 0.3) is 0 Å². The topological polar surface area (TPSA) is 0 Å². The third kappa shape index (κ3) is 5.24. The molecule has 0 aromatic heterocycles. The summed E-state index contributed by atoms with van der Waals surface area (Å²) in [5.74, 6) is 4.00. The predicted octanol–water partition coefficient (Wildman–Crippen LogP) is 6.55. The highest BCUT2D eigenvalue weighted by Crippen LogP contribution is 2.38. The molecule has 0 saturated heterocycles. The molecule has 0 aliphatic carbocycles. The Hall–Kier alpha value is 0.0169. The summed E-state index contributed by atoms with van der Waals surface area (Å²) < 4.78 is 0. The van der Waals surface area contributed by atoms with Gasteiger partial charge in [0, 0.05) is 0 Å². The summed E-state index contributed by atoms with van der Waals surface area (Å²) in [5.41, 5.74) is 1.34. The Balaban J connectivity index is 2.93. The van der Waals surface area contributed by atoms with Crippen molar-refractivity contribution in [3.05, 3.63) is 29.8 Å². The van der Waals surface area contributed by atoms with Crippen LogP contribution in [0.5, 0.6) is 0 Å². The number of hydrogen-bond donors (Lipinski definition) is 0. The summed E-state index contributed by atoms with van der Waals surface area (Å²) >= 11 is 12.6. The molecule has 1 aromatic rings. The lowest BCUT2D eigenvalue weighted by molar-refractivity contribution is 0.155. The molecule has 0 aliphatic rings. The fraction of sp³-hybridized carbons (Fsp3) is 0.700. The molecule has 3 heteroatoms. The van der Waals surface area contributed by atoms with Crippen LogP contribution in [0.2, 0.25) is 0 Å². The van der Waals surface area contributed by atoms with Crippen molar-refractivity contribution in [3.8, 4) is 0 Å². The largest absolute Gasteiger partial charge is 0.307 e. The standard InChI is InChI=1S/C20H33Cl2Si/c1-8-13(2)14(3)15(4)16(5)17(6)18(7)19-11-9-10-12-20(19)23(21)22/h9-18H,8H2,1-7H3. The molecule has 0 amide bonds. The zero-order valence-electron chi connectivity index (χ0n) is 15.7. The zero-order valence-corrected chi connectivity index (χ0v) is 18.2. The molecule has 6 unspecified atom stereocenters. The van der Waals surface area contributed by atoms with E-state index in [1.54, 1.807) is 0 Å². The van der Waals surface area contributed by atoms with E-state index in [1.165, 1.54) is 12.0 Å². The first-order valence-electron chi connectivity index (χ1n) is 8.99. The molecular weight excluding hydrogens is 339 g/mol. The Morgan fingerprint density at radius 3 is 1.87 bits per heavy atom. The molecule has 0 nitrogen and oxygen atoms in total. The van der Waals surface area contributed by atoms with Crippen LogP contribution in [0.15, 0.2) is 24.3 Å². The monoisotopic (exact) mass is 371 g/mol. The predicted molar refractivity (Wildman–Crippen MR) is 108 cm³/mol. The maximum Gasteiger partial charge on any atom is 0.307 e. The molecule has 1 radical (unpaired) electrons. The Morgan fingerprint density at radius 1 is 0.826 bits per heavy atom. The van der Waals surface area contributed by atoms with Gasteiger partial charge in [-0.3, -0.25) is 0 Å². The minimum atomic E-state index is -1.45. The second kappa shape index (κ2) is 9.49. The highest BCUT2D eigenvalue weighted by molar-refractivity contribution is 7.39. The lowest BCUT2D eigenvalue weighted by Gasteiger charge is -2.36. The molecular formula is C20H33Cl2Si. The van der Waals surface area contributed by atoms with E-state index in [4.69, 9.17) is 22.2 Å². The second-order valence-corrected chi connectivity index (χ2v) is 11.4. The third-order valence-corrected chi connectivity index (χ3v) is 8.56. The van der Waals surface area contributed by atoms with Crippen molar-refractivity contribution in [1.29, 1.82) is 0 Å². The summed E-state index contributed by atoms with van der Waals surface area (Å²) in [6.07, 6.45) is 1.26. The van der Waals surface area contributed by atoms with Crippen molar-refractivity contribution in [3.63, 3.8) is 0 Å². The first kappa shape index (κ1) is 21.1. The van der Waals surface area contributed by atoms with Gasteiger partial charge < -0.3 is 0 Å². The Bertz CT molecular complexity index is 474. The van der Waals surface area contributed by atoms with Crippen LogP contribution >= 0.6 is 22.2 Å². The van der Waals surface area contributed by atoms with Gasteiger partial charge in [0.25, 0.3) is 0 Å². The van der Waals surface area contributed by atoms with Crippen molar-refractivity contribution in [1.82, 2.24) is 0 Å². The van der Waals surface area contributed by atoms with Gasteiger partial charge in [0.2, 0.25) is 0 Å². The summed E-state index contributed by atoms with van der Waals surface area (Å²) in [6, 6.07) is 8.46. The Morgan fingerprint density at radius 2 is 1.35 bits per heavy atom. The molecule has 131 valence electrons. The molecule has 0 aliphatic heterocycles. The van der Waals surface area contributed by atoms with Gasteiger partial charge in [-0.05, 0) is 46.3 Å². The average molecular weight is 372 g/mol. The highest BCUT2D eigenvalue weighted by Gasteiger charge is 2.30. The molecule has 6 atom stereocenters. The van der Waals surface area contributed by atoms with Gasteiger partial charge >= 0.3 is 7.42 Å². The van der Waals surface area contributed by atoms with E-state index in [2.05, 4.69) is 66.7 Å². The van der Waals surface area contributed by atoms with E-state index >= 15 is 0 Å². The quantitative estimate of drug-likeness (QED) is 0.358. The van der Waals surface area contributed by atoms with Crippen LogP contribution in [0.3, 0.4) is 0 Å². The Labute approximate surface area is 155 Å². The van der Waals surface area contributed by atoms with Crippen LogP contribution in [-0.2, 0) is 0 Å². The van der Waals surface area contributed by atoms with Crippen molar-refractivity contribution < 1.29 is 0 Å². The zero-order chi connectivity index (χ0) is 17.7. The lowest BCUT2D eigenvalue weighted by Crippen LogP contribution is -2.31. The molecule has 0 spiro atoms. The molecule has 1 aromatic carbocycles. The Kier molecular flexibility index (Phi) is 8.69. The van der Waals surface area contributed by atoms with Gasteiger partial charge in [-0.1, -0.05) is 79.2 Å². The summed E-state index contributed by atoms with van der Waals surface area (Å²) in [4.78, 5) is 0. The van der Waals surface area contributed by atoms with Crippen molar-refractivity contribution in [2.24, 2.45) is 29.6 Å². The molecule has 0 fully saturated rings. The van der Waals surface area contributed by atoms with Crippen LogP contribution < -0.4 is 5.19 Å². The van der Waals surface area contributed by atoms with Gasteiger partial charge in [-0.15, -0.1) is 22.2 Å². The van der Waals surface area contributed by atoms with Gasteiger partial charge in [0.15, 0.2) is 0 Å². The lowest BCUT2D eigenvalue weighted by atomic mass is 9.69. The normalized spacial score (nSPS) is 19.9. The van der Waals surface area contributed by atoms with Crippen LogP contribution in [-0.4, -0.2) is 7.42 Å². The van der Waals surface area contributed by atoms with E-state index in [1.807, 2.05) is 6.07 Å². The first-order chi connectivity index (χ1) is 10.7. The highest BCUT2D eigenvalue weighted by atomic mass is 35.7. The summed E-state index contributed by atoms with van der Waals surface area (Å²) in [5, 5.41) is 1.16. The summed E-state index contributed by atoms with van der Waals surface area (Å²) in [6.45, 7) is 16.7. The molecule has 1 rings (SSSR count). The fourth-order valence-corrected chi connectivity index (χ4v) is 5.44. The van der Waals surface area contributed by atoms with Crippen LogP contribution in [0, 0.1) is 29.6 Å². The number of benzene rings is 1. The van der Waals surface area contributed by atoms with E-state index in [-0.39, 0.29) is 0 Å². The van der Waals surface area contributed by atoms with Crippen molar-refractivity contribution >= 4 is 34.8 Å². The molecule has 0 saturated carbocycles. The molecule has 23 heavy (non-hydrogen) atoms. The number of rotatable bonds is 8. The first-order valence-corrected chi connectivity index (χ1v) is 12.5. The smallest absolute Gasteiger partial charge is 0.140 e. The minimum absolute atomic E-state index is 0.477. The van der Waals surface area contributed by atoms with E-state index < -0.39 is 7.42 Å². The van der Waals surface area contributed by atoms with E-state index in [9.17, 15) is 0 Å². The van der Waals surface area contributed by atoms with Gasteiger partial charge in [-0.2, -0.15) is 0 Å². The molecule has 0 N–H and O–H groups in total.